The van der Waals surface area contributed by atoms with Gasteiger partial charge < -0.3 is 15.2 Å². The van der Waals surface area contributed by atoms with Gasteiger partial charge in [0.25, 0.3) is 0 Å². The second kappa shape index (κ2) is 4.50. The maximum absolute atomic E-state index is 5.89. The van der Waals surface area contributed by atoms with Gasteiger partial charge in [0.05, 0.1) is 14.2 Å². The van der Waals surface area contributed by atoms with Crippen molar-refractivity contribution in [1.82, 2.24) is 0 Å². The molecule has 0 radical (unpaired) electrons. The predicted octanol–water partition coefficient (Wildman–Crippen LogP) is 2.77. The van der Waals surface area contributed by atoms with E-state index in [4.69, 9.17) is 15.2 Å². The van der Waals surface area contributed by atoms with Gasteiger partial charge in [0.1, 0.15) is 16.0 Å². The van der Waals surface area contributed by atoms with Crippen LogP contribution in [0.1, 0.15) is 24.0 Å². The van der Waals surface area contributed by atoms with Gasteiger partial charge in [-0.1, -0.05) is 0 Å². The van der Waals surface area contributed by atoms with Gasteiger partial charge in [-0.15, -0.1) is 0 Å². The Labute approximate surface area is 110 Å². The monoisotopic (exact) mass is 299 g/mol. The van der Waals surface area contributed by atoms with E-state index in [0.717, 1.165) is 34.4 Å². The van der Waals surface area contributed by atoms with Crippen LogP contribution in [0.5, 0.6) is 11.5 Å². The summed E-state index contributed by atoms with van der Waals surface area (Å²) in [5.41, 5.74) is 8.32. The zero-order valence-corrected chi connectivity index (χ0v) is 12.1. The predicted molar refractivity (Wildman–Crippen MR) is 71.9 cm³/mol. The Kier molecular flexibility index (Phi) is 3.36. The van der Waals surface area contributed by atoms with Crippen molar-refractivity contribution in [2.45, 2.75) is 25.2 Å². The van der Waals surface area contributed by atoms with E-state index >= 15 is 0 Å². The number of rotatable bonds is 4. The third-order valence-corrected chi connectivity index (χ3v) is 4.31. The van der Waals surface area contributed by atoms with E-state index in [1.165, 1.54) is 5.56 Å². The van der Waals surface area contributed by atoms with Crippen LogP contribution in [0, 0.1) is 6.92 Å². The maximum atomic E-state index is 5.89. The van der Waals surface area contributed by atoms with Crippen molar-refractivity contribution in [2.75, 3.05) is 20.8 Å². The van der Waals surface area contributed by atoms with Gasteiger partial charge in [0.15, 0.2) is 0 Å². The molecule has 0 unspecified atom stereocenters. The maximum Gasteiger partial charge on any atom is 0.140 e. The SMILES string of the molecule is COc1c(C)cc(C2(CN)CC2)c(OC)c1Br. The largest absolute Gasteiger partial charge is 0.495 e. The van der Waals surface area contributed by atoms with Crippen LogP contribution in [-0.4, -0.2) is 20.8 Å². The van der Waals surface area contributed by atoms with E-state index in [1.807, 2.05) is 6.92 Å². The van der Waals surface area contributed by atoms with Crippen LogP contribution in [0.15, 0.2) is 10.5 Å². The molecular weight excluding hydrogens is 282 g/mol. The Morgan fingerprint density at radius 1 is 1.29 bits per heavy atom. The molecular formula is C13H18BrNO2. The van der Waals surface area contributed by atoms with Gasteiger partial charge >= 0.3 is 0 Å². The second-order valence-corrected chi connectivity index (χ2v) is 5.40. The molecule has 0 spiro atoms. The molecule has 4 heteroatoms. The molecule has 94 valence electrons. The van der Waals surface area contributed by atoms with Gasteiger partial charge in [-0.25, -0.2) is 0 Å². The molecule has 1 aromatic carbocycles. The number of halogens is 1. The summed E-state index contributed by atoms with van der Waals surface area (Å²) >= 11 is 3.56. The number of aryl methyl sites for hydroxylation is 1. The van der Waals surface area contributed by atoms with Crippen molar-refractivity contribution in [3.8, 4) is 11.5 Å². The van der Waals surface area contributed by atoms with Gasteiger partial charge in [-0.05, 0) is 47.3 Å². The number of methoxy groups -OCH3 is 2. The lowest BCUT2D eigenvalue weighted by molar-refractivity contribution is 0.381. The molecule has 0 heterocycles. The fourth-order valence-corrected chi connectivity index (χ4v) is 3.17. The van der Waals surface area contributed by atoms with E-state index in [1.54, 1.807) is 14.2 Å². The fourth-order valence-electron chi connectivity index (χ4n) is 2.32. The van der Waals surface area contributed by atoms with E-state index in [0.29, 0.717) is 6.54 Å². The zero-order valence-electron chi connectivity index (χ0n) is 10.5. The van der Waals surface area contributed by atoms with E-state index < -0.39 is 0 Å². The molecule has 1 fully saturated rings. The highest BCUT2D eigenvalue weighted by Gasteiger charge is 2.45. The van der Waals surface area contributed by atoms with Crippen molar-refractivity contribution >= 4 is 15.9 Å². The molecule has 0 aromatic heterocycles. The van der Waals surface area contributed by atoms with E-state index in [-0.39, 0.29) is 5.41 Å². The summed E-state index contributed by atoms with van der Waals surface area (Å²) in [6.07, 6.45) is 2.27. The van der Waals surface area contributed by atoms with Crippen molar-refractivity contribution in [3.05, 3.63) is 21.7 Å². The number of nitrogens with two attached hydrogens (primary N) is 1. The Balaban J connectivity index is 2.60. The molecule has 0 aliphatic heterocycles. The van der Waals surface area contributed by atoms with Crippen molar-refractivity contribution < 1.29 is 9.47 Å². The Hall–Kier alpha value is -0.740. The molecule has 1 saturated carbocycles. The number of hydrogen-bond acceptors (Lipinski definition) is 3. The minimum atomic E-state index is 0.116. The van der Waals surface area contributed by atoms with Crippen LogP contribution >= 0.6 is 15.9 Å². The normalized spacial score (nSPS) is 16.8. The topological polar surface area (TPSA) is 44.5 Å². The average Bonchev–Trinajstić information content (AvgIpc) is 3.10. The summed E-state index contributed by atoms with van der Waals surface area (Å²) < 4.78 is 11.8. The lowest BCUT2D eigenvalue weighted by atomic mass is 9.93. The summed E-state index contributed by atoms with van der Waals surface area (Å²) in [6, 6.07) is 2.14. The fraction of sp³-hybridized carbons (Fsp3) is 0.538. The second-order valence-electron chi connectivity index (χ2n) is 4.61. The molecule has 2 rings (SSSR count). The first kappa shape index (κ1) is 12.7. The minimum absolute atomic E-state index is 0.116. The molecule has 3 nitrogen and oxygen atoms in total. The molecule has 1 aliphatic rings. The lowest BCUT2D eigenvalue weighted by Crippen LogP contribution is -2.21. The van der Waals surface area contributed by atoms with Crippen LogP contribution in [0.3, 0.4) is 0 Å². The van der Waals surface area contributed by atoms with Crippen LogP contribution in [0.2, 0.25) is 0 Å². The Bertz CT molecular complexity index is 442. The summed E-state index contributed by atoms with van der Waals surface area (Å²) in [5, 5.41) is 0. The van der Waals surface area contributed by atoms with E-state index in [9.17, 15) is 0 Å². The van der Waals surface area contributed by atoms with Gasteiger partial charge in [0, 0.05) is 17.5 Å². The quantitative estimate of drug-likeness (QED) is 0.930. The molecule has 0 saturated heterocycles. The third-order valence-electron chi connectivity index (χ3n) is 3.59. The standard InChI is InChI=1S/C13H18BrNO2/c1-8-6-9(13(7-15)4-5-13)12(17-3)10(14)11(8)16-2/h6H,4-5,7,15H2,1-3H3. The van der Waals surface area contributed by atoms with Crippen LogP contribution in [-0.2, 0) is 5.41 Å². The minimum Gasteiger partial charge on any atom is -0.495 e. The Morgan fingerprint density at radius 3 is 2.29 bits per heavy atom. The number of hydrogen-bond donors (Lipinski definition) is 1. The zero-order chi connectivity index (χ0) is 12.6. The molecule has 1 aromatic rings. The first-order valence-corrected chi connectivity index (χ1v) is 6.50. The highest BCUT2D eigenvalue weighted by Crippen LogP contribution is 2.54. The van der Waals surface area contributed by atoms with E-state index in [2.05, 4.69) is 22.0 Å². The molecule has 0 bridgehead atoms. The van der Waals surface area contributed by atoms with Gasteiger partial charge in [-0.3, -0.25) is 0 Å². The average molecular weight is 300 g/mol. The first-order chi connectivity index (χ1) is 8.09. The van der Waals surface area contributed by atoms with Gasteiger partial charge in [-0.2, -0.15) is 0 Å². The van der Waals surface area contributed by atoms with Gasteiger partial charge in [0.2, 0.25) is 0 Å². The highest BCUT2D eigenvalue weighted by molar-refractivity contribution is 9.10. The smallest absolute Gasteiger partial charge is 0.140 e. The first-order valence-electron chi connectivity index (χ1n) is 5.71. The summed E-state index contributed by atoms with van der Waals surface area (Å²) in [7, 11) is 3.35. The highest BCUT2D eigenvalue weighted by atomic mass is 79.9. The lowest BCUT2D eigenvalue weighted by Gasteiger charge is -2.21. The van der Waals surface area contributed by atoms with Crippen molar-refractivity contribution in [3.63, 3.8) is 0 Å². The van der Waals surface area contributed by atoms with Crippen molar-refractivity contribution in [1.29, 1.82) is 0 Å². The molecule has 17 heavy (non-hydrogen) atoms. The summed E-state index contributed by atoms with van der Waals surface area (Å²) in [4.78, 5) is 0. The Morgan fingerprint density at radius 2 is 1.88 bits per heavy atom. The third kappa shape index (κ3) is 1.93. The molecule has 2 N–H and O–H groups in total. The number of benzene rings is 1. The van der Waals surface area contributed by atoms with Crippen LogP contribution in [0.4, 0.5) is 0 Å². The summed E-state index contributed by atoms with van der Waals surface area (Å²) in [6.45, 7) is 2.71. The van der Waals surface area contributed by atoms with Crippen LogP contribution in [0.25, 0.3) is 0 Å². The number of ether oxygens (including phenoxy) is 2. The molecule has 0 atom stereocenters. The van der Waals surface area contributed by atoms with Crippen LogP contribution < -0.4 is 15.2 Å². The molecule has 1 aliphatic carbocycles. The summed E-state index contributed by atoms with van der Waals surface area (Å²) in [5.74, 6) is 1.69. The van der Waals surface area contributed by atoms with Crippen molar-refractivity contribution in [2.24, 2.45) is 5.73 Å². The molecule has 0 amide bonds.